The van der Waals surface area contributed by atoms with E-state index in [1.54, 1.807) is 0 Å². The molecule has 0 saturated heterocycles. The van der Waals surface area contributed by atoms with Crippen LogP contribution in [-0.4, -0.2) is 93.2 Å². The summed E-state index contributed by atoms with van der Waals surface area (Å²) in [7, 11) is 0. The minimum absolute atomic E-state index is 0.580. The fraction of sp³-hybridized carbons (Fsp3) is 0.500. The summed E-state index contributed by atoms with van der Waals surface area (Å²) in [6.45, 7) is 8.78. The highest BCUT2D eigenvalue weighted by molar-refractivity contribution is 6.31. The van der Waals surface area contributed by atoms with Crippen molar-refractivity contribution in [3.63, 3.8) is 0 Å². The topological polar surface area (TPSA) is 180 Å². The maximum Gasteiger partial charge on any atom is 0.335 e. The lowest BCUT2D eigenvalue weighted by molar-refractivity contribution is -0.172. The maximum absolute atomic E-state index is 10.1. The van der Waals surface area contributed by atoms with Crippen molar-refractivity contribution in [2.45, 2.75) is 62.9 Å². The molecule has 4 unspecified atom stereocenters. The summed E-state index contributed by atoms with van der Waals surface area (Å²) >= 11 is 11.9. The van der Waals surface area contributed by atoms with Gasteiger partial charge in [0.2, 0.25) is 0 Å². The second-order valence-corrected chi connectivity index (χ2v) is 10.8. The highest BCUT2D eigenvalue weighted by Crippen LogP contribution is 2.26. The summed E-state index contributed by atoms with van der Waals surface area (Å²) in [6.07, 6.45) is -7.04. The Balaban J connectivity index is 0.000000210. The third-order valence-electron chi connectivity index (χ3n) is 6.82. The van der Waals surface area contributed by atoms with E-state index in [-0.39, 0.29) is 0 Å². The number of aliphatic carboxylic acids is 2. The Hall–Kier alpha value is -2.28. The van der Waals surface area contributed by atoms with E-state index < -0.39 is 36.4 Å². The lowest BCUT2D eigenvalue weighted by atomic mass is 9.96. The highest BCUT2D eigenvalue weighted by Gasteiger charge is 2.37. The zero-order valence-corrected chi connectivity index (χ0v) is 23.9. The Morgan fingerprint density at radius 3 is 1.40 bits per heavy atom. The van der Waals surface area contributed by atoms with Crippen LogP contribution < -0.4 is 10.6 Å². The van der Waals surface area contributed by atoms with Gasteiger partial charge in [0.25, 0.3) is 0 Å². The Morgan fingerprint density at radius 2 is 1.07 bits per heavy atom. The monoisotopic (exact) mass is 600 g/mol. The smallest absolute Gasteiger partial charge is 0.335 e. The SMILES string of the molecule is C[C@H]1CNCCc2ccc(Cl)cc21.C[C@H]1CNCCc2ccc(Cl)cc21.O=C(O)C(O)C(O)C(O)C(O)C(=O)O. The second-order valence-electron chi connectivity index (χ2n) is 9.94. The zero-order chi connectivity index (χ0) is 30.0. The van der Waals surface area contributed by atoms with Crippen LogP contribution in [0.4, 0.5) is 0 Å². The molecular formula is C28H38Cl2N2O8. The van der Waals surface area contributed by atoms with Crippen molar-refractivity contribution in [1.82, 2.24) is 10.6 Å². The normalized spacial score (nSPS) is 21.2. The Morgan fingerprint density at radius 1 is 0.725 bits per heavy atom. The fourth-order valence-corrected chi connectivity index (χ4v) is 4.83. The highest BCUT2D eigenvalue weighted by atomic mass is 35.5. The molecule has 0 saturated carbocycles. The summed E-state index contributed by atoms with van der Waals surface area (Å²) in [4.78, 5) is 20.2. The zero-order valence-electron chi connectivity index (χ0n) is 22.4. The van der Waals surface area contributed by atoms with Crippen LogP contribution in [0.25, 0.3) is 0 Å². The van der Waals surface area contributed by atoms with E-state index in [4.69, 9.17) is 53.8 Å². The molecule has 2 aliphatic heterocycles. The van der Waals surface area contributed by atoms with Crippen LogP contribution in [0.3, 0.4) is 0 Å². The van der Waals surface area contributed by atoms with Gasteiger partial charge in [0.15, 0.2) is 12.2 Å². The Labute approximate surface area is 243 Å². The number of rotatable bonds is 5. The minimum Gasteiger partial charge on any atom is -0.479 e. The van der Waals surface area contributed by atoms with Gasteiger partial charge < -0.3 is 41.3 Å². The van der Waals surface area contributed by atoms with Crippen molar-refractivity contribution in [3.05, 3.63) is 68.7 Å². The van der Waals surface area contributed by atoms with Crippen molar-refractivity contribution >= 4 is 35.1 Å². The number of nitrogens with one attached hydrogen (secondary N) is 2. The molecule has 8 N–H and O–H groups in total. The molecule has 40 heavy (non-hydrogen) atoms. The largest absolute Gasteiger partial charge is 0.479 e. The number of aliphatic hydroxyl groups is 4. The summed E-state index contributed by atoms with van der Waals surface area (Å²) in [6, 6.07) is 12.5. The van der Waals surface area contributed by atoms with Gasteiger partial charge in [-0.2, -0.15) is 0 Å². The average Bonchev–Trinajstić information content (AvgIpc) is 3.22. The van der Waals surface area contributed by atoms with E-state index in [1.807, 2.05) is 12.1 Å². The molecule has 222 valence electrons. The molecule has 10 nitrogen and oxygen atoms in total. The lowest BCUT2D eigenvalue weighted by Gasteiger charge is -2.21. The van der Waals surface area contributed by atoms with Crippen LogP contribution in [0.5, 0.6) is 0 Å². The van der Waals surface area contributed by atoms with E-state index in [1.165, 1.54) is 22.3 Å². The predicted octanol–water partition coefficient (Wildman–Crippen LogP) is 1.78. The second kappa shape index (κ2) is 16.2. The summed E-state index contributed by atoms with van der Waals surface area (Å²) in [5.74, 6) is -2.52. The molecule has 12 heteroatoms. The van der Waals surface area contributed by atoms with E-state index in [0.29, 0.717) is 11.8 Å². The molecule has 0 bridgehead atoms. The number of carbonyl (C=O) groups is 2. The van der Waals surface area contributed by atoms with Gasteiger partial charge in [0.05, 0.1) is 0 Å². The summed E-state index contributed by atoms with van der Waals surface area (Å²) in [5.41, 5.74) is 5.72. The van der Waals surface area contributed by atoms with Gasteiger partial charge in [-0.1, -0.05) is 49.2 Å². The molecule has 0 fully saturated rings. The Kier molecular flexibility index (Phi) is 13.8. The van der Waals surface area contributed by atoms with E-state index in [2.05, 4.69) is 48.7 Å². The number of hydrogen-bond acceptors (Lipinski definition) is 8. The van der Waals surface area contributed by atoms with E-state index in [9.17, 15) is 9.59 Å². The summed E-state index contributed by atoms with van der Waals surface area (Å²) < 4.78 is 0. The first-order valence-electron chi connectivity index (χ1n) is 13.0. The minimum atomic E-state index is -2.36. The van der Waals surface area contributed by atoms with Gasteiger partial charge in [-0.25, -0.2) is 9.59 Å². The molecule has 0 amide bonds. The number of fused-ring (bicyclic) bond motifs is 2. The van der Waals surface area contributed by atoms with Crippen molar-refractivity contribution < 1.29 is 40.2 Å². The van der Waals surface area contributed by atoms with Gasteiger partial charge in [-0.15, -0.1) is 0 Å². The standard InChI is InChI=1S/2C11H14ClN.C6H10O8/c2*1-8-7-13-5-4-9-2-3-10(12)6-11(8)9;7-1(3(9)5(11)12)2(8)4(10)6(13)14/h2*2-3,6,8,13H,4-5,7H2,1H3;1-4,7-10H,(H,11,12)(H,13,14)/t2*8-;/m00./s1. The number of halogens is 2. The van der Waals surface area contributed by atoms with Gasteiger partial charge in [-0.05, 0) is 84.3 Å². The number of hydrogen-bond donors (Lipinski definition) is 8. The third-order valence-corrected chi connectivity index (χ3v) is 7.29. The first-order valence-corrected chi connectivity index (χ1v) is 13.7. The quantitative estimate of drug-likeness (QED) is 0.252. The van der Waals surface area contributed by atoms with Crippen molar-refractivity contribution in [2.24, 2.45) is 0 Å². The maximum atomic E-state index is 10.1. The Bertz CT molecular complexity index is 1050. The van der Waals surface area contributed by atoms with Crippen molar-refractivity contribution in [3.8, 4) is 0 Å². The van der Waals surface area contributed by atoms with Crippen LogP contribution in [0.15, 0.2) is 36.4 Å². The van der Waals surface area contributed by atoms with Crippen LogP contribution in [0.1, 0.15) is 47.9 Å². The van der Waals surface area contributed by atoms with Gasteiger partial charge in [0, 0.05) is 23.1 Å². The average molecular weight is 602 g/mol. The van der Waals surface area contributed by atoms with Crippen LogP contribution in [0, 0.1) is 0 Å². The van der Waals surface area contributed by atoms with E-state index in [0.717, 1.165) is 49.1 Å². The first kappa shape index (κ1) is 33.9. The molecule has 6 atom stereocenters. The number of carboxylic acids is 2. The van der Waals surface area contributed by atoms with E-state index >= 15 is 0 Å². The third kappa shape index (κ3) is 9.97. The molecule has 0 aromatic heterocycles. The van der Waals surface area contributed by atoms with Gasteiger partial charge >= 0.3 is 11.9 Å². The molecule has 0 spiro atoms. The number of benzene rings is 2. The number of carboxylic acid groups (broad SMARTS) is 2. The fourth-order valence-electron chi connectivity index (χ4n) is 4.47. The van der Waals surface area contributed by atoms with Crippen molar-refractivity contribution in [1.29, 1.82) is 0 Å². The van der Waals surface area contributed by atoms with Gasteiger partial charge in [-0.3, -0.25) is 0 Å². The molecule has 2 aromatic carbocycles. The summed E-state index contributed by atoms with van der Waals surface area (Å²) in [5, 5.41) is 60.0. The number of aliphatic hydroxyl groups excluding tert-OH is 4. The first-order chi connectivity index (χ1) is 18.8. The predicted molar refractivity (Wildman–Crippen MR) is 152 cm³/mol. The molecule has 0 aliphatic carbocycles. The molecule has 2 aliphatic rings. The van der Waals surface area contributed by atoms with Crippen LogP contribution in [-0.2, 0) is 22.4 Å². The van der Waals surface area contributed by atoms with Crippen LogP contribution >= 0.6 is 23.2 Å². The molecule has 2 heterocycles. The molecule has 0 radical (unpaired) electrons. The van der Waals surface area contributed by atoms with Crippen molar-refractivity contribution in [2.75, 3.05) is 26.2 Å². The van der Waals surface area contributed by atoms with Gasteiger partial charge in [0.1, 0.15) is 12.2 Å². The molecular weight excluding hydrogens is 563 g/mol. The van der Waals surface area contributed by atoms with Crippen LogP contribution in [0.2, 0.25) is 10.0 Å². The lowest BCUT2D eigenvalue weighted by Crippen LogP contribution is -2.49. The molecule has 2 aromatic rings. The molecule has 4 rings (SSSR count).